The van der Waals surface area contributed by atoms with E-state index in [0.717, 1.165) is 30.4 Å². The minimum atomic E-state index is -0.335. The van der Waals surface area contributed by atoms with Gasteiger partial charge in [-0.2, -0.15) is 0 Å². The van der Waals surface area contributed by atoms with E-state index in [1.54, 1.807) is 0 Å². The molecular weight excluding hydrogens is 254 g/mol. The van der Waals surface area contributed by atoms with Gasteiger partial charge in [0, 0.05) is 19.4 Å². The third-order valence-electron chi connectivity index (χ3n) is 2.32. The first-order chi connectivity index (χ1) is 8.56. The van der Waals surface area contributed by atoms with Gasteiger partial charge in [-0.05, 0) is 12.2 Å². The van der Waals surface area contributed by atoms with Gasteiger partial charge in [0.1, 0.15) is 6.61 Å². The molecule has 1 aliphatic heterocycles. The highest BCUT2D eigenvalue weighted by Crippen LogP contribution is 2.11. The second-order valence-electron chi connectivity index (χ2n) is 3.76. The van der Waals surface area contributed by atoms with Crippen LogP contribution in [0.5, 0.6) is 0 Å². The summed E-state index contributed by atoms with van der Waals surface area (Å²) in [4.78, 5) is 33.5. The summed E-state index contributed by atoms with van der Waals surface area (Å²) >= 11 is 1.14. The van der Waals surface area contributed by atoms with Crippen molar-refractivity contribution >= 4 is 28.7 Å². The van der Waals surface area contributed by atoms with E-state index in [9.17, 15) is 14.4 Å². The van der Waals surface area contributed by atoms with Gasteiger partial charge in [-0.1, -0.05) is 32.0 Å². The molecule has 1 aliphatic rings. The van der Waals surface area contributed by atoms with E-state index in [-0.39, 0.29) is 23.5 Å². The van der Waals surface area contributed by atoms with Crippen LogP contribution in [0, 0.1) is 0 Å². The SMILES string of the molecule is CCCCN1C(=O)CCC1=O.CCSC(=O)CO. The first-order valence-corrected chi connectivity index (χ1v) is 7.15. The molecule has 0 aromatic heterocycles. The largest absolute Gasteiger partial charge is 0.388 e. The average molecular weight is 275 g/mol. The van der Waals surface area contributed by atoms with Crippen molar-refractivity contribution in [3.63, 3.8) is 0 Å². The monoisotopic (exact) mass is 275 g/mol. The molecule has 1 fully saturated rings. The number of aliphatic hydroxyl groups excluding tert-OH is 1. The number of rotatable bonds is 5. The van der Waals surface area contributed by atoms with E-state index in [1.165, 1.54) is 4.90 Å². The second-order valence-corrected chi connectivity index (χ2v) is 5.08. The fourth-order valence-corrected chi connectivity index (χ4v) is 1.81. The molecule has 2 amide bonds. The van der Waals surface area contributed by atoms with Crippen LogP contribution in [-0.4, -0.2) is 45.8 Å². The van der Waals surface area contributed by atoms with Crippen molar-refractivity contribution in [3.8, 4) is 0 Å². The van der Waals surface area contributed by atoms with Gasteiger partial charge in [-0.25, -0.2) is 0 Å². The second kappa shape index (κ2) is 10.1. The smallest absolute Gasteiger partial charge is 0.229 e. The van der Waals surface area contributed by atoms with Gasteiger partial charge in [-0.15, -0.1) is 0 Å². The van der Waals surface area contributed by atoms with Crippen molar-refractivity contribution < 1.29 is 19.5 Å². The standard InChI is InChI=1S/C8H13NO2.C4H8O2S/c1-2-3-6-9-7(10)4-5-8(9)11;1-2-7-4(6)3-5/h2-6H2,1H3;5H,2-3H2,1H3. The molecule has 0 aliphatic carbocycles. The Morgan fingerprint density at radius 1 is 1.28 bits per heavy atom. The van der Waals surface area contributed by atoms with Crippen LogP contribution in [0.1, 0.15) is 39.5 Å². The summed E-state index contributed by atoms with van der Waals surface area (Å²) in [5.74, 6) is 0.756. The third-order valence-corrected chi connectivity index (χ3v) is 3.06. The molecule has 0 spiro atoms. The highest BCUT2D eigenvalue weighted by atomic mass is 32.2. The molecule has 0 aromatic carbocycles. The number of thioether (sulfide) groups is 1. The Morgan fingerprint density at radius 2 is 1.83 bits per heavy atom. The van der Waals surface area contributed by atoms with Crippen LogP contribution >= 0.6 is 11.8 Å². The van der Waals surface area contributed by atoms with Crippen molar-refractivity contribution in [2.45, 2.75) is 39.5 Å². The molecule has 0 aromatic rings. The Morgan fingerprint density at radius 3 is 2.17 bits per heavy atom. The van der Waals surface area contributed by atoms with E-state index in [1.807, 2.05) is 13.8 Å². The Kier molecular flexibility index (Phi) is 9.59. The Labute approximate surface area is 112 Å². The zero-order valence-corrected chi connectivity index (χ0v) is 11.8. The van der Waals surface area contributed by atoms with Gasteiger partial charge in [-0.3, -0.25) is 19.3 Å². The number of aliphatic hydroxyl groups is 1. The molecule has 0 bridgehead atoms. The lowest BCUT2D eigenvalue weighted by molar-refractivity contribution is -0.138. The zero-order valence-electron chi connectivity index (χ0n) is 11.0. The predicted molar refractivity (Wildman–Crippen MR) is 71.1 cm³/mol. The first kappa shape index (κ1) is 17.1. The molecule has 1 saturated heterocycles. The number of carbonyl (C=O) groups excluding carboxylic acids is 3. The molecule has 1 heterocycles. The van der Waals surface area contributed by atoms with Crippen LogP contribution in [0.2, 0.25) is 0 Å². The molecule has 0 saturated carbocycles. The van der Waals surface area contributed by atoms with E-state index in [0.29, 0.717) is 19.4 Å². The molecular formula is C12H21NO4S. The Bertz CT molecular complexity index is 278. The molecule has 6 heteroatoms. The van der Waals surface area contributed by atoms with E-state index in [4.69, 9.17) is 5.11 Å². The summed E-state index contributed by atoms with van der Waals surface area (Å²) in [6.07, 6.45) is 2.79. The molecule has 1 N–H and O–H groups in total. The number of hydrogen-bond donors (Lipinski definition) is 1. The maximum atomic E-state index is 11.0. The van der Waals surface area contributed by atoms with Crippen molar-refractivity contribution in [3.05, 3.63) is 0 Å². The Hall–Kier alpha value is -0.880. The van der Waals surface area contributed by atoms with E-state index >= 15 is 0 Å². The lowest BCUT2D eigenvalue weighted by atomic mass is 10.3. The number of amides is 2. The number of carbonyl (C=O) groups is 3. The van der Waals surface area contributed by atoms with Gasteiger partial charge in [0.05, 0.1) is 0 Å². The van der Waals surface area contributed by atoms with E-state index < -0.39 is 0 Å². The van der Waals surface area contributed by atoms with Gasteiger partial charge >= 0.3 is 0 Å². The van der Waals surface area contributed by atoms with Crippen LogP contribution in [0.4, 0.5) is 0 Å². The summed E-state index contributed by atoms with van der Waals surface area (Å²) in [7, 11) is 0. The summed E-state index contributed by atoms with van der Waals surface area (Å²) in [6.45, 7) is 4.20. The van der Waals surface area contributed by atoms with Crippen LogP contribution in [0.15, 0.2) is 0 Å². The van der Waals surface area contributed by atoms with E-state index in [2.05, 4.69) is 0 Å². The van der Waals surface area contributed by atoms with Gasteiger partial charge in [0.15, 0.2) is 0 Å². The first-order valence-electron chi connectivity index (χ1n) is 6.16. The lowest BCUT2D eigenvalue weighted by Crippen LogP contribution is -2.29. The van der Waals surface area contributed by atoms with Gasteiger partial charge in [0.25, 0.3) is 0 Å². The molecule has 104 valence electrons. The van der Waals surface area contributed by atoms with Crippen molar-refractivity contribution in [1.82, 2.24) is 4.90 Å². The number of nitrogens with zero attached hydrogens (tertiary/aromatic N) is 1. The number of hydrogen-bond acceptors (Lipinski definition) is 5. The quantitative estimate of drug-likeness (QED) is 0.763. The van der Waals surface area contributed by atoms with Crippen LogP contribution in [0.3, 0.4) is 0 Å². The normalized spacial score (nSPS) is 14.5. The van der Waals surface area contributed by atoms with Crippen molar-refractivity contribution in [2.75, 3.05) is 18.9 Å². The van der Waals surface area contributed by atoms with Gasteiger partial charge < -0.3 is 5.11 Å². The molecule has 1 rings (SSSR count). The third kappa shape index (κ3) is 6.76. The summed E-state index contributed by atoms with van der Waals surface area (Å²) < 4.78 is 0. The van der Waals surface area contributed by atoms with Gasteiger partial charge in [0.2, 0.25) is 16.9 Å². The van der Waals surface area contributed by atoms with Crippen molar-refractivity contribution in [2.24, 2.45) is 0 Å². The summed E-state index contributed by atoms with van der Waals surface area (Å²) in [6, 6.07) is 0. The van der Waals surface area contributed by atoms with Crippen molar-refractivity contribution in [1.29, 1.82) is 0 Å². The fourth-order valence-electron chi connectivity index (χ4n) is 1.40. The minimum Gasteiger partial charge on any atom is -0.388 e. The van der Waals surface area contributed by atoms with Crippen LogP contribution in [0.25, 0.3) is 0 Å². The van der Waals surface area contributed by atoms with Crippen LogP contribution < -0.4 is 0 Å². The highest BCUT2D eigenvalue weighted by molar-refractivity contribution is 8.13. The minimum absolute atomic E-state index is 0.00319. The predicted octanol–water partition coefficient (Wildman–Crippen LogP) is 1.19. The number of imide groups is 1. The Balaban J connectivity index is 0.000000360. The number of unbranched alkanes of at least 4 members (excludes halogenated alkanes) is 1. The molecule has 0 unspecified atom stereocenters. The topological polar surface area (TPSA) is 74.7 Å². The average Bonchev–Trinajstić information content (AvgIpc) is 2.68. The lowest BCUT2D eigenvalue weighted by Gasteiger charge is -2.11. The molecule has 18 heavy (non-hydrogen) atoms. The highest BCUT2D eigenvalue weighted by Gasteiger charge is 2.27. The zero-order chi connectivity index (χ0) is 14.0. The maximum Gasteiger partial charge on any atom is 0.229 e. The molecule has 5 nitrogen and oxygen atoms in total. The molecule has 0 atom stereocenters. The van der Waals surface area contributed by atoms with Crippen LogP contribution in [-0.2, 0) is 14.4 Å². The maximum absolute atomic E-state index is 11.0. The summed E-state index contributed by atoms with van der Waals surface area (Å²) in [5.41, 5.74) is 0. The summed E-state index contributed by atoms with van der Waals surface area (Å²) in [5, 5.41) is 7.95. The number of likely N-dealkylation sites (tertiary alicyclic amines) is 1. The molecule has 0 radical (unpaired) electrons. The fraction of sp³-hybridized carbons (Fsp3) is 0.750.